The van der Waals surface area contributed by atoms with Gasteiger partial charge in [0.25, 0.3) is 0 Å². The SMILES string of the molecule is CN([SH]=O)c1ccccc1Nc1nc(Nc2ccc(N3CCN(CC4CCN(OC(=O)c5ccccc5)CC4)CC3)cc2Cl)ncc1Cl. The second kappa shape index (κ2) is 16.0. The van der Waals surface area contributed by atoms with Gasteiger partial charge in [0, 0.05) is 58.5 Å². The highest BCUT2D eigenvalue weighted by Gasteiger charge is 2.26. The van der Waals surface area contributed by atoms with Crippen molar-refractivity contribution < 1.29 is 13.8 Å². The normalized spacial score (nSPS) is 16.0. The number of nitrogens with one attached hydrogen (secondary N) is 2. The number of halogens is 2. The molecule has 0 unspecified atom stereocenters. The van der Waals surface area contributed by atoms with Crippen LogP contribution in [-0.4, -0.2) is 83.0 Å². The van der Waals surface area contributed by atoms with Crippen molar-refractivity contribution in [3.05, 3.63) is 94.6 Å². The lowest BCUT2D eigenvalue weighted by Gasteiger charge is -2.39. The standard InChI is InChI=1S/C34H38Cl2N8O3S/c1-41(48-46)31-10-6-5-9-30(31)38-32-28(36)22-37-34(40-32)39-29-12-11-26(21-27(29)35)43-19-17-42(18-20-43)23-24-13-15-44(16-14-24)47-33(45)25-7-3-2-4-8-25/h2-12,21-22,24,48H,13-20,23H2,1H3,(H2,37,38,39,40). The van der Waals surface area contributed by atoms with Gasteiger partial charge in [-0.3, -0.25) is 9.21 Å². The molecule has 48 heavy (non-hydrogen) atoms. The average molecular weight is 710 g/mol. The molecule has 2 N–H and O–H groups in total. The van der Waals surface area contributed by atoms with Crippen LogP contribution >= 0.6 is 23.2 Å². The minimum absolute atomic E-state index is 0.136. The molecule has 0 radical (unpaired) electrons. The summed E-state index contributed by atoms with van der Waals surface area (Å²) in [7, 11) is 1.72. The molecule has 252 valence electrons. The number of thiol groups is 1. The summed E-state index contributed by atoms with van der Waals surface area (Å²) < 4.78 is 13.0. The third kappa shape index (κ3) is 8.55. The Kier molecular flexibility index (Phi) is 11.3. The Bertz CT molecular complexity index is 1720. The highest BCUT2D eigenvalue weighted by atomic mass is 35.5. The molecule has 3 aromatic carbocycles. The Morgan fingerprint density at radius 3 is 2.38 bits per heavy atom. The molecule has 0 amide bonds. The van der Waals surface area contributed by atoms with Crippen molar-refractivity contribution in [3.63, 3.8) is 0 Å². The molecular formula is C34H38Cl2N8O3S. The number of benzene rings is 3. The van der Waals surface area contributed by atoms with Gasteiger partial charge >= 0.3 is 5.97 Å². The van der Waals surface area contributed by atoms with Gasteiger partial charge in [0.2, 0.25) is 5.95 Å². The van der Waals surface area contributed by atoms with E-state index in [0.29, 0.717) is 44.7 Å². The Morgan fingerprint density at radius 2 is 1.65 bits per heavy atom. The number of piperidine rings is 1. The van der Waals surface area contributed by atoms with Gasteiger partial charge in [-0.05, 0) is 61.2 Å². The molecule has 11 nitrogen and oxygen atoms in total. The molecule has 2 fully saturated rings. The molecule has 3 heterocycles. The van der Waals surface area contributed by atoms with Crippen LogP contribution in [0.15, 0.2) is 79.0 Å². The topological polar surface area (TPSA) is 106 Å². The first-order chi connectivity index (χ1) is 23.4. The van der Waals surface area contributed by atoms with Gasteiger partial charge in [-0.1, -0.05) is 53.5 Å². The van der Waals surface area contributed by atoms with Crippen LogP contribution in [0.3, 0.4) is 0 Å². The number of piperazine rings is 1. The van der Waals surface area contributed by atoms with Crippen LogP contribution in [0.2, 0.25) is 10.0 Å². The number of carbonyl (C=O) groups excluding carboxylic acids is 1. The maximum absolute atomic E-state index is 12.4. The van der Waals surface area contributed by atoms with Gasteiger partial charge < -0.3 is 20.4 Å². The quantitative estimate of drug-likeness (QED) is 0.157. The molecule has 0 saturated carbocycles. The predicted molar refractivity (Wildman–Crippen MR) is 194 cm³/mol. The monoisotopic (exact) mass is 708 g/mol. The molecular weight excluding hydrogens is 671 g/mol. The van der Waals surface area contributed by atoms with Gasteiger partial charge in [0.05, 0.1) is 33.8 Å². The predicted octanol–water partition coefficient (Wildman–Crippen LogP) is 6.17. The maximum Gasteiger partial charge on any atom is 0.357 e. The lowest BCUT2D eigenvalue weighted by Crippen LogP contribution is -2.49. The Hall–Kier alpha value is -3.94. The van der Waals surface area contributed by atoms with Crippen molar-refractivity contribution in [2.24, 2.45) is 5.92 Å². The largest absolute Gasteiger partial charge is 0.369 e. The first-order valence-electron chi connectivity index (χ1n) is 15.9. The highest BCUT2D eigenvalue weighted by molar-refractivity contribution is 7.67. The lowest BCUT2D eigenvalue weighted by atomic mass is 9.97. The van der Waals surface area contributed by atoms with Gasteiger partial charge in [-0.25, -0.2) is 14.0 Å². The molecule has 14 heteroatoms. The number of hydroxylamine groups is 2. The molecule has 2 saturated heterocycles. The summed E-state index contributed by atoms with van der Waals surface area (Å²) in [6.07, 6.45) is 3.53. The fourth-order valence-electron chi connectivity index (χ4n) is 5.95. The summed E-state index contributed by atoms with van der Waals surface area (Å²) in [5.74, 6) is 1.03. The van der Waals surface area contributed by atoms with Crippen molar-refractivity contribution in [3.8, 4) is 0 Å². The van der Waals surface area contributed by atoms with Crippen LogP contribution in [0.1, 0.15) is 23.2 Å². The summed E-state index contributed by atoms with van der Waals surface area (Å²) in [6.45, 7) is 6.34. The van der Waals surface area contributed by atoms with Gasteiger partial charge in [0.1, 0.15) is 16.9 Å². The van der Waals surface area contributed by atoms with Crippen molar-refractivity contribution in [2.45, 2.75) is 12.8 Å². The summed E-state index contributed by atoms with van der Waals surface area (Å²) in [6, 6.07) is 22.5. The fourth-order valence-corrected chi connectivity index (χ4v) is 6.57. The Labute approximate surface area is 294 Å². The highest BCUT2D eigenvalue weighted by Crippen LogP contribution is 2.33. The number of carbonyl (C=O) groups is 1. The summed E-state index contributed by atoms with van der Waals surface area (Å²) in [5.41, 5.74) is 3.74. The van der Waals surface area contributed by atoms with Crippen molar-refractivity contribution in [1.82, 2.24) is 19.9 Å². The lowest BCUT2D eigenvalue weighted by molar-refractivity contribution is -0.127. The third-order valence-corrected chi connectivity index (χ3v) is 9.67. The first-order valence-corrected chi connectivity index (χ1v) is 17.4. The minimum atomic E-state index is -0.294. The average Bonchev–Trinajstić information content (AvgIpc) is 3.12. The molecule has 4 aromatic rings. The van der Waals surface area contributed by atoms with Crippen molar-refractivity contribution in [1.29, 1.82) is 0 Å². The Balaban J connectivity index is 0.986. The molecule has 0 bridgehead atoms. The van der Waals surface area contributed by atoms with E-state index in [1.54, 1.807) is 28.5 Å². The van der Waals surface area contributed by atoms with Crippen LogP contribution in [0, 0.1) is 5.92 Å². The molecule has 6 rings (SSSR count). The summed E-state index contributed by atoms with van der Waals surface area (Å²) in [4.78, 5) is 31.8. The molecule has 2 aliphatic heterocycles. The van der Waals surface area contributed by atoms with E-state index in [1.807, 2.05) is 54.6 Å². The van der Waals surface area contributed by atoms with E-state index in [2.05, 4.69) is 36.5 Å². The number of aromatic nitrogens is 2. The van der Waals surface area contributed by atoms with E-state index < -0.39 is 0 Å². The number of hydrogen-bond acceptors (Lipinski definition) is 10. The van der Waals surface area contributed by atoms with E-state index in [-0.39, 0.29) is 17.8 Å². The van der Waals surface area contributed by atoms with E-state index in [1.165, 1.54) is 6.20 Å². The van der Waals surface area contributed by atoms with Crippen LogP contribution in [-0.2, 0) is 16.7 Å². The van der Waals surface area contributed by atoms with Gasteiger partial charge in [0.15, 0.2) is 5.82 Å². The zero-order chi connectivity index (χ0) is 33.5. The molecule has 0 atom stereocenters. The van der Waals surface area contributed by atoms with E-state index in [4.69, 9.17) is 28.0 Å². The third-order valence-electron chi connectivity index (χ3n) is 8.62. The first kappa shape index (κ1) is 33.9. The fraction of sp³-hybridized carbons (Fsp3) is 0.324. The zero-order valence-electron chi connectivity index (χ0n) is 26.6. The zero-order valence-corrected chi connectivity index (χ0v) is 29.0. The molecule has 1 aromatic heterocycles. The molecule has 0 aliphatic carbocycles. The molecule has 0 spiro atoms. The maximum atomic E-state index is 12.4. The second-order valence-electron chi connectivity index (χ2n) is 11.8. The summed E-state index contributed by atoms with van der Waals surface area (Å²) in [5, 5.41) is 9.13. The van der Waals surface area contributed by atoms with Crippen LogP contribution in [0.5, 0.6) is 0 Å². The van der Waals surface area contributed by atoms with Gasteiger partial charge in [-0.2, -0.15) is 4.98 Å². The van der Waals surface area contributed by atoms with Crippen molar-refractivity contribution >= 4 is 75.5 Å². The van der Waals surface area contributed by atoms with Crippen molar-refractivity contribution in [2.75, 3.05) is 72.7 Å². The minimum Gasteiger partial charge on any atom is -0.369 e. The van der Waals surface area contributed by atoms with Crippen LogP contribution < -0.4 is 19.8 Å². The number of para-hydroxylation sites is 2. The number of anilines is 6. The van der Waals surface area contributed by atoms with Crippen LogP contribution in [0.25, 0.3) is 0 Å². The van der Waals surface area contributed by atoms with E-state index in [0.717, 1.165) is 70.0 Å². The van der Waals surface area contributed by atoms with E-state index in [9.17, 15) is 9.00 Å². The number of rotatable bonds is 11. The number of hydrogen-bond donors (Lipinski definition) is 3. The smallest absolute Gasteiger partial charge is 0.357 e. The van der Waals surface area contributed by atoms with Gasteiger partial charge in [-0.15, -0.1) is 5.06 Å². The van der Waals surface area contributed by atoms with Crippen LogP contribution in [0.4, 0.5) is 34.5 Å². The summed E-state index contributed by atoms with van der Waals surface area (Å²) >= 11 is 13.0. The van der Waals surface area contributed by atoms with E-state index >= 15 is 0 Å². The Morgan fingerprint density at radius 1 is 0.917 bits per heavy atom. The molecule has 2 aliphatic rings. The second-order valence-corrected chi connectivity index (χ2v) is 13.4. The number of nitrogens with zero attached hydrogens (tertiary/aromatic N) is 6.